The van der Waals surface area contributed by atoms with Crippen molar-refractivity contribution in [3.05, 3.63) is 0 Å². The number of ether oxygens (including phenoxy) is 1. The number of nitrogens with one attached hydrogen (secondary N) is 1. The van der Waals surface area contributed by atoms with Crippen LogP contribution >= 0.6 is 0 Å². The minimum Gasteiger partial charge on any atom is -0.452 e. The second-order valence-corrected chi connectivity index (χ2v) is 2.41. The third kappa shape index (κ3) is 3.09. The van der Waals surface area contributed by atoms with Crippen LogP contribution in [-0.4, -0.2) is 30.3 Å². The molecular weight excluding hydrogens is 162 g/mol. The van der Waals surface area contributed by atoms with Gasteiger partial charge in [0.05, 0.1) is 7.11 Å². The molecule has 0 aliphatic carbocycles. The first-order chi connectivity index (χ1) is 5.49. The molecule has 0 aromatic rings. The number of nitrogens with zero attached hydrogens (tertiary/aromatic N) is 1. The average molecular weight is 175 g/mol. The molecule has 0 aromatic carbocycles. The SMILES string of the molecule is COC(=O)NN(C(N)=O)C(C)C. The Morgan fingerprint density at radius 2 is 2.00 bits per heavy atom. The first-order valence-corrected chi connectivity index (χ1v) is 3.42. The van der Waals surface area contributed by atoms with Crippen LogP contribution in [0.5, 0.6) is 0 Å². The van der Waals surface area contributed by atoms with Gasteiger partial charge in [-0.3, -0.25) is 0 Å². The van der Waals surface area contributed by atoms with E-state index in [-0.39, 0.29) is 6.04 Å². The predicted molar refractivity (Wildman–Crippen MR) is 42.1 cm³/mol. The summed E-state index contributed by atoms with van der Waals surface area (Å²) in [6.45, 7) is 3.42. The van der Waals surface area contributed by atoms with Crippen LogP contribution in [0.1, 0.15) is 13.8 Å². The molecule has 0 saturated heterocycles. The molecule has 6 nitrogen and oxygen atoms in total. The molecule has 0 aliphatic rings. The molecule has 0 aliphatic heterocycles. The standard InChI is InChI=1S/C6H13N3O3/c1-4(2)9(5(7)10)8-6(11)12-3/h4H,1-3H3,(H2,7,10)(H,8,11). The largest absolute Gasteiger partial charge is 0.452 e. The molecule has 70 valence electrons. The van der Waals surface area contributed by atoms with Gasteiger partial charge in [0.15, 0.2) is 0 Å². The van der Waals surface area contributed by atoms with E-state index in [2.05, 4.69) is 10.2 Å². The van der Waals surface area contributed by atoms with E-state index in [0.29, 0.717) is 0 Å². The molecule has 0 heterocycles. The zero-order valence-corrected chi connectivity index (χ0v) is 7.33. The lowest BCUT2D eigenvalue weighted by Gasteiger charge is -2.23. The maximum Gasteiger partial charge on any atom is 0.425 e. The van der Waals surface area contributed by atoms with Crippen LogP contribution in [0.3, 0.4) is 0 Å². The molecule has 0 unspecified atom stereocenters. The summed E-state index contributed by atoms with van der Waals surface area (Å²) in [5, 5.41) is 0.978. The van der Waals surface area contributed by atoms with Gasteiger partial charge in [-0.25, -0.2) is 20.0 Å². The van der Waals surface area contributed by atoms with Crippen LogP contribution < -0.4 is 11.2 Å². The molecule has 0 radical (unpaired) electrons. The number of primary amides is 1. The van der Waals surface area contributed by atoms with Crippen molar-refractivity contribution in [2.45, 2.75) is 19.9 Å². The van der Waals surface area contributed by atoms with Gasteiger partial charge in [0.1, 0.15) is 0 Å². The van der Waals surface area contributed by atoms with Gasteiger partial charge in [-0.05, 0) is 13.8 Å². The van der Waals surface area contributed by atoms with Gasteiger partial charge in [-0.2, -0.15) is 0 Å². The van der Waals surface area contributed by atoms with E-state index in [1.807, 2.05) is 0 Å². The maximum absolute atomic E-state index is 10.7. The maximum atomic E-state index is 10.7. The van der Waals surface area contributed by atoms with E-state index >= 15 is 0 Å². The van der Waals surface area contributed by atoms with Crippen LogP contribution in [-0.2, 0) is 4.74 Å². The van der Waals surface area contributed by atoms with Crippen molar-refractivity contribution in [3.8, 4) is 0 Å². The third-order valence-corrected chi connectivity index (χ3v) is 1.15. The summed E-state index contributed by atoms with van der Waals surface area (Å²) in [6.07, 6.45) is -0.720. The van der Waals surface area contributed by atoms with E-state index in [1.54, 1.807) is 13.8 Å². The van der Waals surface area contributed by atoms with E-state index < -0.39 is 12.1 Å². The van der Waals surface area contributed by atoms with E-state index in [9.17, 15) is 9.59 Å². The average Bonchev–Trinajstić information content (AvgIpc) is 1.98. The van der Waals surface area contributed by atoms with Gasteiger partial charge < -0.3 is 10.5 Å². The fourth-order valence-electron chi connectivity index (χ4n) is 0.583. The van der Waals surface area contributed by atoms with Crippen LogP contribution in [0, 0.1) is 0 Å². The molecule has 6 heteroatoms. The quantitative estimate of drug-likeness (QED) is 0.552. The first kappa shape index (κ1) is 10.5. The summed E-state index contributed by atoms with van der Waals surface area (Å²) in [5.41, 5.74) is 7.12. The Bertz CT molecular complexity index is 181. The third-order valence-electron chi connectivity index (χ3n) is 1.15. The summed E-state index contributed by atoms with van der Waals surface area (Å²) in [7, 11) is 1.20. The molecule has 12 heavy (non-hydrogen) atoms. The second-order valence-electron chi connectivity index (χ2n) is 2.41. The van der Waals surface area contributed by atoms with Gasteiger partial charge in [0.2, 0.25) is 0 Å². The summed E-state index contributed by atoms with van der Waals surface area (Å²) >= 11 is 0. The van der Waals surface area contributed by atoms with Crippen molar-refractivity contribution < 1.29 is 14.3 Å². The zero-order chi connectivity index (χ0) is 9.72. The molecule has 0 fully saturated rings. The normalized spacial score (nSPS) is 9.33. The Kier molecular flexibility index (Phi) is 3.89. The van der Waals surface area contributed by atoms with E-state index in [4.69, 9.17) is 5.73 Å². The highest BCUT2D eigenvalue weighted by Gasteiger charge is 2.15. The Labute approximate surface area is 70.6 Å². The fourth-order valence-corrected chi connectivity index (χ4v) is 0.583. The van der Waals surface area contributed by atoms with E-state index in [1.165, 1.54) is 7.11 Å². The van der Waals surface area contributed by atoms with Crippen molar-refractivity contribution >= 4 is 12.1 Å². The lowest BCUT2D eigenvalue weighted by molar-refractivity contribution is 0.119. The number of carbonyl (C=O) groups is 2. The number of hydrazine groups is 1. The molecule has 3 N–H and O–H groups in total. The lowest BCUT2D eigenvalue weighted by Crippen LogP contribution is -2.52. The van der Waals surface area contributed by atoms with Crippen LogP contribution in [0.4, 0.5) is 9.59 Å². The van der Waals surface area contributed by atoms with Gasteiger partial charge in [-0.15, -0.1) is 0 Å². The molecule has 0 saturated carbocycles. The van der Waals surface area contributed by atoms with Crippen LogP contribution in [0.15, 0.2) is 0 Å². The van der Waals surface area contributed by atoms with Crippen molar-refractivity contribution in [2.75, 3.05) is 7.11 Å². The monoisotopic (exact) mass is 175 g/mol. The Hall–Kier alpha value is -1.46. The highest BCUT2D eigenvalue weighted by atomic mass is 16.5. The number of carbonyl (C=O) groups excluding carboxylic acids is 2. The Morgan fingerprint density at radius 1 is 1.50 bits per heavy atom. The minimum atomic E-state index is -0.726. The molecule has 0 aromatic heterocycles. The summed E-state index contributed by atoms with van der Waals surface area (Å²) < 4.78 is 4.28. The number of urea groups is 1. The topological polar surface area (TPSA) is 84.7 Å². The predicted octanol–water partition coefficient (Wildman–Crippen LogP) is 0.0465. The van der Waals surface area contributed by atoms with Gasteiger partial charge in [0, 0.05) is 6.04 Å². The zero-order valence-electron chi connectivity index (χ0n) is 7.33. The molecule has 3 amide bonds. The fraction of sp³-hybridized carbons (Fsp3) is 0.667. The second kappa shape index (κ2) is 4.42. The van der Waals surface area contributed by atoms with Crippen molar-refractivity contribution in [2.24, 2.45) is 5.73 Å². The highest BCUT2D eigenvalue weighted by Crippen LogP contribution is 1.92. The number of nitrogens with two attached hydrogens (primary N) is 1. The Morgan fingerprint density at radius 3 is 2.25 bits per heavy atom. The van der Waals surface area contributed by atoms with Gasteiger partial charge in [-0.1, -0.05) is 0 Å². The summed E-state index contributed by atoms with van der Waals surface area (Å²) in [6, 6.07) is -0.933. The van der Waals surface area contributed by atoms with Gasteiger partial charge >= 0.3 is 12.1 Å². The highest BCUT2D eigenvalue weighted by molar-refractivity contribution is 5.76. The number of rotatable bonds is 1. The first-order valence-electron chi connectivity index (χ1n) is 3.42. The van der Waals surface area contributed by atoms with Crippen LogP contribution in [0.2, 0.25) is 0 Å². The van der Waals surface area contributed by atoms with E-state index in [0.717, 1.165) is 5.01 Å². The number of methoxy groups -OCH3 is 1. The van der Waals surface area contributed by atoms with Gasteiger partial charge in [0.25, 0.3) is 0 Å². The summed E-state index contributed by atoms with van der Waals surface area (Å²) in [5.74, 6) is 0. The number of amides is 3. The summed E-state index contributed by atoms with van der Waals surface area (Å²) in [4.78, 5) is 21.3. The molecular formula is C6H13N3O3. The van der Waals surface area contributed by atoms with Crippen molar-refractivity contribution in [1.29, 1.82) is 0 Å². The number of hydrogen-bond acceptors (Lipinski definition) is 3. The minimum absolute atomic E-state index is 0.207. The van der Waals surface area contributed by atoms with Crippen molar-refractivity contribution in [1.82, 2.24) is 10.4 Å². The van der Waals surface area contributed by atoms with Crippen LogP contribution in [0.25, 0.3) is 0 Å². The lowest BCUT2D eigenvalue weighted by atomic mass is 10.4. The molecule has 0 rings (SSSR count). The molecule has 0 atom stereocenters. The smallest absolute Gasteiger partial charge is 0.425 e. The van der Waals surface area contributed by atoms with Crippen molar-refractivity contribution in [3.63, 3.8) is 0 Å². The molecule has 0 spiro atoms. The Balaban J connectivity index is 4.14. The number of hydrogen-bond donors (Lipinski definition) is 2. The molecule has 0 bridgehead atoms.